The fourth-order valence-corrected chi connectivity index (χ4v) is 3.60. The molecule has 3 aromatic rings. The van der Waals surface area contributed by atoms with Gasteiger partial charge in [-0.2, -0.15) is 0 Å². The zero-order valence-corrected chi connectivity index (χ0v) is 20.2. The first kappa shape index (κ1) is 26.9. The molecular formula is C28H28FN3O5. The molecule has 3 aromatic carbocycles. The van der Waals surface area contributed by atoms with Crippen LogP contribution < -0.4 is 16.4 Å². The van der Waals surface area contributed by atoms with Crippen LogP contribution in [-0.2, 0) is 9.53 Å². The monoisotopic (exact) mass is 505 g/mol. The normalized spacial score (nSPS) is 12.5. The number of nitrogen functional groups attached to an aromatic ring is 1. The smallest absolute Gasteiger partial charge is 0.414 e. The first-order valence-electron chi connectivity index (χ1n) is 11.6. The van der Waals surface area contributed by atoms with E-state index in [9.17, 15) is 23.9 Å². The molecule has 0 fully saturated rings. The van der Waals surface area contributed by atoms with Crippen LogP contribution in [0.1, 0.15) is 41.8 Å². The fourth-order valence-electron chi connectivity index (χ4n) is 3.60. The van der Waals surface area contributed by atoms with E-state index in [4.69, 9.17) is 10.5 Å². The number of aromatic hydroxyl groups is 1. The van der Waals surface area contributed by atoms with Crippen LogP contribution >= 0.6 is 0 Å². The van der Waals surface area contributed by atoms with Gasteiger partial charge in [-0.3, -0.25) is 14.9 Å². The number of amides is 3. The highest BCUT2D eigenvalue weighted by atomic mass is 19.1. The van der Waals surface area contributed by atoms with Crippen molar-refractivity contribution in [3.63, 3.8) is 0 Å². The highest BCUT2D eigenvalue weighted by Crippen LogP contribution is 2.32. The third-order valence-electron chi connectivity index (χ3n) is 5.58. The molecule has 0 heterocycles. The van der Waals surface area contributed by atoms with Crippen molar-refractivity contribution in [2.24, 2.45) is 5.92 Å². The molecular weight excluding hydrogens is 477 g/mol. The molecule has 0 unspecified atom stereocenters. The average Bonchev–Trinajstić information content (AvgIpc) is 2.88. The Morgan fingerprint density at radius 2 is 1.76 bits per heavy atom. The summed E-state index contributed by atoms with van der Waals surface area (Å²) in [5, 5.41) is 14.4. The van der Waals surface area contributed by atoms with Crippen molar-refractivity contribution in [2.75, 3.05) is 11.1 Å². The lowest BCUT2D eigenvalue weighted by molar-refractivity contribution is -0.111. The quantitative estimate of drug-likeness (QED) is 0.230. The molecule has 5 N–H and O–H groups in total. The second-order valence-electron chi connectivity index (χ2n) is 8.39. The maximum absolute atomic E-state index is 14.0. The molecule has 0 aliphatic rings. The molecule has 0 aliphatic carbocycles. The van der Waals surface area contributed by atoms with Gasteiger partial charge in [0.05, 0.1) is 11.4 Å². The van der Waals surface area contributed by atoms with Gasteiger partial charge in [0.1, 0.15) is 6.10 Å². The van der Waals surface area contributed by atoms with E-state index < -0.39 is 29.7 Å². The first-order valence-corrected chi connectivity index (χ1v) is 11.6. The number of ether oxygens (including phenoxy) is 1. The summed E-state index contributed by atoms with van der Waals surface area (Å²) < 4.78 is 19.6. The summed E-state index contributed by atoms with van der Waals surface area (Å²) in [6, 6.07) is 18.7. The zero-order valence-electron chi connectivity index (χ0n) is 20.2. The zero-order chi connectivity index (χ0) is 26.8. The van der Waals surface area contributed by atoms with Crippen LogP contribution in [0.15, 0.2) is 84.9 Å². The Labute approximate surface area is 214 Å². The van der Waals surface area contributed by atoms with Crippen molar-refractivity contribution < 1.29 is 28.6 Å². The number of allylic oxidation sites excluding steroid dienone is 1. The summed E-state index contributed by atoms with van der Waals surface area (Å²) in [4.78, 5) is 37.0. The highest BCUT2D eigenvalue weighted by molar-refractivity contribution is 6.03. The van der Waals surface area contributed by atoms with Gasteiger partial charge in [-0.05, 0) is 66.8 Å². The van der Waals surface area contributed by atoms with E-state index in [-0.39, 0.29) is 17.4 Å². The first-order chi connectivity index (χ1) is 17.7. The van der Waals surface area contributed by atoms with E-state index >= 15 is 0 Å². The number of carbonyl (C=O) groups excluding carboxylic acids is 3. The van der Waals surface area contributed by atoms with Gasteiger partial charge in [-0.25, -0.2) is 9.18 Å². The summed E-state index contributed by atoms with van der Waals surface area (Å²) >= 11 is 0. The number of phenols is 1. The van der Waals surface area contributed by atoms with Crippen molar-refractivity contribution in [3.05, 3.63) is 102 Å². The topological polar surface area (TPSA) is 131 Å². The van der Waals surface area contributed by atoms with Crippen molar-refractivity contribution in [2.45, 2.75) is 25.9 Å². The number of imide groups is 1. The molecule has 37 heavy (non-hydrogen) atoms. The number of halogens is 1. The summed E-state index contributed by atoms with van der Waals surface area (Å²) in [6.45, 7) is 1.79. The van der Waals surface area contributed by atoms with E-state index in [1.807, 2.05) is 0 Å². The van der Waals surface area contributed by atoms with E-state index in [0.29, 0.717) is 29.8 Å². The second-order valence-corrected chi connectivity index (χ2v) is 8.39. The summed E-state index contributed by atoms with van der Waals surface area (Å²) in [6.07, 6.45) is 2.03. The van der Waals surface area contributed by atoms with Gasteiger partial charge in [0.25, 0.3) is 5.91 Å². The third kappa shape index (κ3) is 7.93. The van der Waals surface area contributed by atoms with Crippen molar-refractivity contribution in [1.82, 2.24) is 5.32 Å². The standard InChI is InChI=1S/C28H28FN3O5/c1-18(9-5-8-14-25(34)31-23-13-7-6-12-22(23)30)26(20-15-16-24(33)21(29)17-20)37-28(36)32-27(35)19-10-3-2-4-11-19/h2-4,6-8,10-18,26,33H,5,9,30H2,1H3,(H,31,34)(H,32,35,36)/b14-8+/t18-,26-/m0/s1. The minimum absolute atomic E-state index is 0.278. The van der Waals surface area contributed by atoms with Gasteiger partial charge in [0.15, 0.2) is 11.6 Å². The van der Waals surface area contributed by atoms with Gasteiger partial charge in [0.2, 0.25) is 5.91 Å². The summed E-state index contributed by atoms with van der Waals surface area (Å²) in [7, 11) is 0. The highest BCUT2D eigenvalue weighted by Gasteiger charge is 2.25. The van der Waals surface area contributed by atoms with E-state index in [2.05, 4.69) is 10.6 Å². The van der Waals surface area contributed by atoms with E-state index in [1.54, 1.807) is 67.6 Å². The minimum Gasteiger partial charge on any atom is -0.505 e. The van der Waals surface area contributed by atoms with Crippen molar-refractivity contribution in [3.8, 4) is 5.75 Å². The molecule has 192 valence electrons. The molecule has 0 spiro atoms. The van der Waals surface area contributed by atoms with Crippen molar-refractivity contribution in [1.29, 1.82) is 0 Å². The molecule has 8 nitrogen and oxygen atoms in total. The molecule has 0 radical (unpaired) electrons. The number of rotatable bonds is 9. The molecule has 0 saturated carbocycles. The molecule has 3 rings (SSSR count). The maximum Gasteiger partial charge on any atom is 0.414 e. The summed E-state index contributed by atoms with van der Waals surface area (Å²) in [5.41, 5.74) is 7.37. The number of benzene rings is 3. The van der Waals surface area contributed by atoms with Gasteiger partial charge in [0, 0.05) is 5.56 Å². The number of nitrogens with two attached hydrogens (primary N) is 1. The van der Waals surface area contributed by atoms with Gasteiger partial charge >= 0.3 is 6.09 Å². The largest absolute Gasteiger partial charge is 0.505 e. The lowest BCUT2D eigenvalue weighted by Crippen LogP contribution is -2.33. The fraction of sp³-hybridized carbons (Fsp3) is 0.179. The number of alkyl carbamates (subject to hydrolysis) is 1. The Balaban J connectivity index is 1.63. The lowest BCUT2D eigenvalue weighted by atomic mass is 9.93. The maximum atomic E-state index is 14.0. The van der Waals surface area contributed by atoms with Crippen LogP contribution in [0.3, 0.4) is 0 Å². The molecule has 9 heteroatoms. The van der Waals surface area contributed by atoms with Crippen LogP contribution in [0.4, 0.5) is 20.6 Å². The predicted molar refractivity (Wildman–Crippen MR) is 138 cm³/mol. The Kier molecular flexibility index (Phi) is 9.37. The Bertz CT molecular complexity index is 1280. The number of nitrogens with one attached hydrogen (secondary N) is 2. The molecule has 0 saturated heterocycles. The third-order valence-corrected chi connectivity index (χ3v) is 5.58. The second kappa shape index (κ2) is 12.9. The molecule has 2 atom stereocenters. The van der Waals surface area contributed by atoms with Crippen molar-refractivity contribution >= 4 is 29.3 Å². The Morgan fingerprint density at radius 3 is 2.46 bits per heavy atom. The lowest BCUT2D eigenvalue weighted by Gasteiger charge is -2.24. The number of para-hydroxylation sites is 2. The number of phenolic OH excluding ortho intramolecular Hbond substituents is 1. The number of hydrogen-bond acceptors (Lipinski definition) is 6. The summed E-state index contributed by atoms with van der Waals surface area (Å²) in [5.74, 6) is -2.72. The number of carbonyl (C=O) groups is 3. The Morgan fingerprint density at radius 1 is 1.05 bits per heavy atom. The molecule has 3 amide bonds. The molecule has 0 aromatic heterocycles. The van der Waals surface area contributed by atoms with E-state index in [1.165, 1.54) is 18.2 Å². The average molecular weight is 506 g/mol. The Hall–Kier alpha value is -4.66. The van der Waals surface area contributed by atoms with Crippen LogP contribution in [0.2, 0.25) is 0 Å². The van der Waals surface area contributed by atoms with Crippen LogP contribution in [-0.4, -0.2) is 23.0 Å². The SMILES string of the molecule is C[C@@H](CC/C=C/C(=O)Nc1ccccc1N)[C@H](OC(=O)NC(=O)c1ccccc1)c1ccc(O)c(F)c1. The van der Waals surface area contributed by atoms with Crippen LogP contribution in [0.5, 0.6) is 5.75 Å². The van der Waals surface area contributed by atoms with E-state index in [0.717, 1.165) is 6.07 Å². The molecule has 0 bridgehead atoms. The number of anilines is 2. The minimum atomic E-state index is -0.991. The van der Waals surface area contributed by atoms with Gasteiger partial charge in [-0.1, -0.05) is 49.4 Å². The van der Waals surface area contributed by atoms with Gasteiger partial charge < -0.3 is 20.9 Å². The predicted octanol–water partition coefficient (Wildman–Crippen LogP) is 5.33. The van der Waals surface area contributed by atoms with Crippen LogP contribution in [0.25, 0.3) is 0 Å². The number of hydrogen-bond donors (Lipinski definition) is 4. The van der Waals surface area contributed by atoms with Crippen LogP contribution in [0, 0.1) is 11.7 Å². The molecule has 0 aliphatic heterocycles. The van der Waals surface area contributed by atoms with Gasteiger partial charge in [-0.15, -0.1) is 0 Å².